The van der Waals surface area contributed by atoms with Crippen LogP contribution in [0.4, 0.5) is 5.69 Å². The first-order valence-electron chi connectivity index (χ1n) is 8.51. The molecular formula is C20H23N5O. The molecule has 134 valence electrons. The Bertz CT molecular complexity index is 921. The molecule has 6 nitrogen and oxygen atoms in total. The molecule has 0 unspecified atom stereocenters. The summed E-state index contributed by atoms with van der Waals surface area (Å²) < 4.78 is 1.97. The Kier molecular flexibility index (Phi) is 4.59. The van der Waals surface area contributed by atoms with Gasteiger partial charge in [-0.1, -0.05) is 26.8 Å². The average molecular weight is 349 g/mol. The summed E-state index contributed by atoms with van der Waals surface area (Å²) in [6, 6.07) is 7.58. The second-order valence-corrected chi connectivity index (χ2v) is 7.31. The molecule has 6 heteroatoms. The summed E-state index contributed by atoms with van der Waals surface area (Å²) in [4.78, 5) is 25.8. The van der Waals surface area contributed by atoms with Crippen LogP contribution in [0.3, 0.4) is 0 Å². The summed E-state index contributed by atoms with van der Waals surface area (Å²) in [7, 11) is 0. The zero-order valence-electron chi connectivity index (χ0n) is 15.7. The Balaban J connectivity index is 1.85. The van der Waals surface area contributed by atoms with Crippen molar-refractivity contribution >= 4 is 11.6 Å². The minimum atomic E-state index is -0.188. The number of anilines is 1. The molecule has 3 heterocycles. The lowest BCUT2D eigenvalue weighted by Crippen LogP contribution is -2.17. The Morgan fingerprint density at radius 3 is 2.35 bits per heavy atom. The van der Waals surface area contributed by atoms with Crippen LogP contribution in [0.25, 0.3) is 5.82 Å². The summed E-state index contributed by atoms with van der Waals surface area (Å²) in [6.07, 6.45) is 5.02. The van der Waals surface area contributed by atoms with E-state index in [9.17, 15) is 4.79 Å². The van der Waals surface area contributed by atoms with Gasteiger partial charge in [0.1, 0.15) is 11.6 Å². The van der Waals surface area contributed by atoms with Crippen molar-refractivity contribution in [2.45, 2.75) is 40.0 Å². The van der Waals surface area contributed by atoms with Gasteiger partial charge in [0.15, 0.2) is 0 Å². The fourth-order valence-electron chi connectivity index (χ4n) is 2.81. The van der Waals surface area contributed by atoms with Crippen LogP contribution >= 0.6 is 0 Å². The Labute approximate surface area is 153 Å². The number of aromatic nitrogens is 4. The van der Waals surface area contributed by atoms with E-state index in [-0.39, 0.29) is 11.3 Å². The summed E-state index contributed by atoms with van der Waals surface area (Å²) in [5, 5.41) is 2.87. The molecule has 3 aromatic heterocycles. The van der Waals surface area contributed by atoms with Gasteiger partial charge in [0.05, 0.1) is 23.6 Å². The third-order valence-electron chi connectivity index (χ3n) is 4.13. The first-order chi connectivity index (χ1) is 12.3. The highest BCUT2D eigenvalue weighted by atomic mass is 16.1. The van der Waals surface area contributed by atoms with Gasteiger partial charge in [-0.2, -0.15) is 0 Å². The normalized spacial score (nSPS) is 11.4. The molecule has 3 rings (SSSR count). The third kappa shape index (κ3) is 3.49. The van der Waals surface area contributed by atoms with E-state index in [2.05, 4.69) is 20.3 Å². The van der Waals surface area contributed by atoms with Crippen LogP contribution in [0.1, 0.15) is 48.3 Å². The van der Waals surface area contributed by atoms with E-state index < -0.39 is 0 Å². The number of hydrogen-bond acceptors (Lipinski definition) is 4. The highest BCUT2D eigenvalue weighted by Crippen LogP contribution is 2.21. The number of amides is 1. The van der Waals surface area contributed by atoms with E-state index in [0.29, 0.717) is 11.3 Å². The topological polar surface area (TPSA) is 72.7 Å². The maximum absolute atomic E-state index is 12.7. The molecule has 0 aliphatic rings. The van der Waals surface area contributed by atoms with Gasteiger partial charge in [-0.15, -0.1) is 0 Å². The van der Waals surface area contributed by atoms with E-state index in [4.69, 9.17) is 0 Å². The van der Waals surface area contributed by atoms with Crippen molar-refractivity contribution in [3.63, 3.8) is 0 Å². The molecule has 0 aromatic carbocycles. The van der Waals surface area contributed by atoms with Crippen molar-refractivity contribution in [3.05, 3.63) is 65.6 Å². The number of carbonyl (C=O) groups is 1. The molecule has 3 aromatic rings. The molecule has 0 spiro atoms. The van der Waals surface area contributed by atoms with Crippen LogP contribution in [-0.2, 0) is 5.41 Å². The van der Waals surface area contributed by atoms with Gasteiger partial charge in [0.2, 0.25) is 0 Å². The molecule has 0 bridgehead atoms. The monoisotopic (exact) mass is 349 g/mol. The second-order valence-electron chi connectivity index (χ2n) is 7.31. The van der Waals surface area contributed by atoms with Crippen molar-refractivity contribution in [1.82, 2.24) is 19.5 Å². The molecule has 0 aliphatic carbocycles. The SMILES string of the molecule is Cc1cc(C(=O)Nc2cnc(C(C)(C)C)nc2)c(C)n1-c1ccccn1. The standard InChI is InChI=1S/C20H23N5O/c1-13-10-16(14(2)25(13)17-8-6-7-9-21-17)18(26)24-15-11-22-19(23-12-15)20(3,4)5/h6-12H,1-5H3,(H,24,26). The van der Waals surface area contributed by atoms with E-state index in [1.807, 2.05) is 63.5 Å². The summed E-state index contributed by atoms with van der Waals surface area (Å²) in [5.74, 6) is 1.34. The van der Waals surface area contributed by atoms with Crippen molar-refractivity contribution in [1.29, 1.82) is 0 Å². The van der Waals surface area contributed by atoms with E-state index in [0.717, 1.165) is 23.0 Å². The largest absolute Gasteiger partial charge is 0.319 e. The number of hydrogen-bond donors (Lipinski definition) is 1. The van der Waals surface area contributed by atoms with Crippen molar-refractivity contribution in [2.75, 3.05) is 5.32 Å². The predicted octanol–water partition coefficient (Wildman–Crippen LogP) is 3.83. The molecule has 0 fully saturated rings. The highest BCUT2D eigenvalue weighted by Gasteiger charge is 2.19. The van der Waals surface area contributed by atoms with Crippen molar-refractivity contribution in [2.24, 2.45) is 0 Å². The summed E-state index contributed by atoms with van der Waals surface area (Å²) in [6.45, 7) is 10.0. The maximum Gasteiger partial charge on any atom is 0.257 e. The molecule has 0 radical (unpaired) electrons. The fourth-order valence-corrected chi connectivity index (χ4v) is 2.81. The number of rotatable bonds is 3. The van der Waals surface area contributed by atoms with Gasteiger partial charge in [0, 0.05) is 23.0 Å². The van der Waals surface area contributed by atoms with Crippen LogP contribution in [0.15, 0.2) is 42.9 Å². The first-order valence-corrected chi connectivity index (χ1v) is 8.51. The zero-order chi connectivity index (χ0) is 18.9. The smallest absolute Gasteiger partial charge is 0.257 e. The lowest BCUT2D eigenvalue weighted by molar-refractivity contribution is 0.102. The maximum atomic E-state index is 12.7. The van der Waals surface area contributed by atoms with E-state index >= 15 is 0 Å². The average Bonchev–Trinajstić information content (AvgIpc) is 2.90. The highest BCUT2D eigenvalue weighted by molar-refractivity contribution is 6.05. The fraction of sp³-hybridized carbons (Fsp3) is 0.300. The lowest BCUT2D eigenvalue weighted by atomic mass is 9.96. The predicted molar refractivity (Wildman–Crippen MR) is 102 cm³/mol. The van der Waals surface area contributed by atoms with Crippen LogP contribution in [0.2, 0.25) is 0 Å². The molecule has 0 saturated heterocycles. The number of carbonyl (C=O) groups excluding carboxylic acids is 1. The van der Waals surface area contributed by atoms with Crippen molar-refractivity contribution in [3.8, 4) is 5.82 Å². The van der Waals surface area contributed by atoms with Gasteiger partial charge in [-0.3, -0.25) is 4.79 Å². The van der Waals surface area contributed by atoms with Crippen LogP contribution in [-0.4, -0.2) is 25.4 Å². The Morgan fingerprint density at radius 2 is 1.77 bits per heavy atom. The van der Waals surface area contributed by atoms with Gasteiger partial charge < -0.3 is 9.88 Å². The zero-order valence-corrected chi connectivity index (χ0v) is 15.7. The number of pyridine rings is 1. The molecule has 26 heavy (non-hydrogen) atoms. The number of nitrogens with one attached hydrogen (secondary N) is 1. The Morgan fingerprint density at radius 1 is 1.08 bits per heavy atom. The molecule has 1 amide bonds. The molecule has 1 N–H and O–H groups in total. The van der Waals surface area contributed by atoms with Gasteiger partial charge in [-0.05, 0) is 32.0 Å². The van der Waals surface area contributed by atoms with Gasteiger partial charge >= 0.3 is 0 Å². The number of nitrogens with zero attached hydrogens (tertiary/aromatic N) is 4. The van der Waals surface area contributed by atoms with Gasteiger partial charge in [0.25, 0.3) is 5.91 Å². The summed E-state index contributed by atoms with van der Waals surface area (Å²) in [5.41, 5.74) is 2.84. The van der Waals surface area contributed by atoms with Crippen LogP contribution in [0, 0.1) is 13.8 Å². The molecule has 0 atom stereocenters. The minimum absolute atomic E-state index is 0.129. The lowest BCUT2D eigenvalue weighted by Gasteiger charge is -2.16. The third-order valence-corrected chi connectivity index (χ3v) is 4.13. The quantitative estimate of drug-likeness (QED) is 0.780. The van der Waals surface area contributed by atoms with Crippen LogP contribution < -0.4 is 5.32 Å². The second kappa shape index (κ2) is 6.71. The van der Waals surface area contributed by atoms with Crippen molar-refractivity contribution < 1.29 is 4.79 Å². The number of aryl methyl sites for hydroxylation is 1. The minimum Gasteiger partial charge on any atom is -0.319 e. The van der Waals surface area contributed by atoms with Gasteiger partial charge in [-0.25, -0.2) is 15.0 Å². The van der Waals surface area contributed by atoms with E-state index in [1.54, 1.807) is 18.6 Å². The van der Waals surface area contributed by atoms with E-state index in [1.165, 1.54) is 0 Å². The summed E-state index contributed by atoms with van der Waals surface area (Å²) >= 11 is 0. The van der Waals surface area contributed by atoms with Crippen LogP contribution in [0.5, 0.6) is 0 Å². The molecular weight excluding hydrogens is 326 g/mol. The Hall–Kier alpha value is -3.02. The first kappa shape index (κ1) is 17.8. The molecule has 0 aliphatic heterocycles. The molecule has 0 saturated carbocycles.